The number of nitrogens with zero attached hydrogens (tertiary/aromatic N) is 3. The largest absolute Gasteiger partial charge is 0.496 e. The predicted molar refractivity (Wildman–Crippen MR) is 128 cm³/mol. The number of carbonyl (C=O) groups excluding carboxylic acids is 3. The maximum Gasteiger partial charge on any atom is 0.257 e. The lowest BCUT2D eigenvalue weighted by molar-refractivity contribution is -0.135. The summed E-state index contributed by atoms with van der Waals surface area (Å²) in [6.45, 7) is 5.79. The second-order valence-electron chi connectivity index (χ2n) is 8.35. The normalized spacial score (nSPS) is 17.8. The van der Waals surface area contributed by atoms with Crippen molar-refractivity contribution in [3.8, 4) is 5.75 Å². The van der Waals surface area contributed by atoms with Crippen LogP contribution in [0.2, 0.25) is 0 Å². The summed E-state index contributed by atoms with van der Waals surface area (Å²) in [5.74, 6) is -0.664. The van der Waals surface area contributed by atoms with Gasteiger partial charge in [-0.2, -0.15) is 0 Å². The van der Waals surface area contributed by atoms with Gasteiger partial charge in [-0.1, -0.05) is 12.1 Å². The van der Waals surface area contributed by atoms with Gasteiger partial charge in [0.15, 0.2) is 0 Å². The van der Waals surface area contributed by atoms with Crippen LogP contribution in [0.4, 0.5) is 0 Å². The Bertz CT molecular complexity index is 1160. The number of rotatable bonds is 7. The number of likely N-dealkylation sites (tertiary alicyclic amines) is 1. The highest BCUT2D eigenvalue weighted by Gasteiger charge is 2.37. The Morgan fingerprint density at radius 1 is 1.29 bits per heavy atom. The second kappa shape index (κ2) is 10.3. The predicted octanol–water partition coefficient (Wildman–Crippen LogP) is 1.27. The Hall–Kier alpha value is -3.40. The van der Waals surface area contributed by atoms with Crippen molar-refractivity contribution in [3.63, 3.8) is 0 Å². The van der Waals surface area contributed by atoms with E-state index in [9.17, 15) is 19.2 Å². The third-order valence-electron chi connectivity index (χ3n) is 6.27. The molecule has 4 heterocycles. The lowest BCUT2D eigenvalue weighted by atomic mass is 10.1. The van der Waals surface area contributed by atoms with Crippen LogP contribution in [0.5, 0.6) is 5.75 Å². The zero-order chi connectivity index (χ0) is 24.2. The highest BCUT2D eigenvalue weighted by Crippen LogP contribution is 2.25. The summed E-state index contributed by atoms with van der Waals surface area (Å²) in [4.78, 5) is 55.7. The number of ether oxygens (including phenoxy) is 1. The van der Waals surface area contributed by atoms with Gasteiger partial charge in [-0.15, -0.1) is 17.9 Å². The first-order chi connectivity index (χ1) is 16.4. The minimum absolute atomic E-state index is 0.0537. The highest BCUT2D eigenvalue weighted by molar-refractivity contribution is 7.09. The molecular formula is C24H28N4O5S. The van der Waals surface area contributed by atoms with Crippen LogP contribution in [0.3, 0.4) is 0 Å². The number of thiophene rings is 1. The smallest absolute Gasteiger partial charge is 0.257 e. The van der Waals surface area contributed by atoms with Crippen LogP contribution in [0.1, 0.15) is 27.3 Å². The fraction of sp³-hybridized carbons (Fsp3) is 0.417. The summed E-state index contributed by atoms with van der Waals surface area (Å²) in [6, 6.07) is 5.18. The molecule has 2 aliphatic rings. The number of pyridine rings is 1. The molecule has 0 aliphatic carbocycles. The lowest BCUT2D eigenvalue weighted by Crippen LogP contribution is -2.39. The molecule has 1 N–H and O–H groups in total. The Labute approximate surface area is 201 Å². The van der Waals surface area contributed by atoms with Gasteiger partial charge in [-0.3, -0.25) is 19.2 Å². The minimum atomic E-state index is -0.409. The summed E-state index contributed by atoms with van der Waals surface area (Å²) >= 11 is 1.55. The van der Waals surface area contributed by atoms with Gasteiger partial charge < -0.3 is 24.4 Å². The number of carbonyl (C=O) groups is 3. The zero-order valence-corrected chi connectivity index (χ0v) is 19.9. The van der Waals surface area contributed by atoms with Crippen molar-refractivity contribution >= 4 is 29.1 Å². The quantitative estimate of drug-likeness (QED) is 0.597. The molecule has 0 unspecified atom stereocenters. The van der Waals surface area contributed by atoms with Crippen molar-refractivity contribution in [1.82, 2.24) is 19.7 Å². The summed E-state index contributed by atoms with van der Waals surface area (Å²) < 4.78 is 6.95. The Balaban J connectivity index is 1.54. The maximum absolute atomic E-state index is 13.2. The van der Waals surface area contributed by atoms with Gasteiger partial charge in [0.05, 0.1) is 19.6 Å². The van der Waals surface area contributed by atoms with Crippen molar-refractivity contribution in [2.75, 3.05) is 33.3 Å². The Kier molecular flexibility index (Phi) is 7.16. The van der Waals surface area contributed by atoms with Gasteiger partial charge in [0.2, 0.25) is 11.8 Å². The first-order valence-electron chi connectivity index (χ1n) is 11.2. The fourth-order valence-corrected chi connectivity index (χ4v) is 5.22. The molecule has 1 fully saturated rings. The van der Waals surface area contributed by atoms with E-state index in [1.807, 2.05) is 17.5 Å². The molecule has 0 spiro atoms. The number of hydrogen-bond acceptors (Lipinski definition) is 6. The highest BCUT2D eigenvalue weighted by atomic mass is 32.1. The molecule has 4 rings (SSSR count). The topological polar surface area (TPSA) is 101 Å². The first-order valence-corrected chi connectivity index (χ1v) is 12.1. The number of methoxy groups -OCH3 is 1. The SMILES string of the molecule is C=CCN1C[C@H](C(=O)N2CCc3c(C(=O)NCc4cccs4)c(OC)cc(=O)n3CC2)CC1=O. The third kappa shape index (κ3) is 4.77. The Morgan fingerprint density at radius 3 is 2.82 bits per heavy atom. The van der Waals surface area contributed by atoms with Crippen LogP contribution in [-0.2, 0) is 29.1 Å². The Morgan fingerprint density at radius 2 is 2.12 bits per heavy atom. The van der Waals surface area contributed by atoms with Crippen molar-refractivity contribution < 1.29 is 19.1 Å². The molecule has 34 heavy (non-hydrogen) atoms. The van der Waals surface area contributed by atoms with Crippen LogP contribution in [0, 0.1) is 5.92 Å². The summed E-state index contributed by atoms with van der Waals surface area (Å²) in [6.07, 6.45) is 2.16. The van der Waals surface area contributed by atoms with E-state index in [0.717, 1.165) is 4.88 Å². The van der Waals surface area contributed by atoms with Crippen molar-refractivity contribution in [2.24, 2.45) is 5.92 Å². The molecular weight excluding hydrogens is 456 g/mol. The van der Waals surface area contributed by atoms with E-state index in [4.69, 9.17) is 4.74 Å². The van der Waals surface area contributed by atoms with E-state index in [2.05, 4.69) is 11.9 Å². The molecule has 10 heteroatoms. The van der Waals surface area contributed by atoms with Gasteiger partial charge in [0.1, 0.15) is 11.3 Å². The van der Waals surface area contributed by atoms with Crippen molar-refractivity contribution in [2.45, 2.75) is 25.9 Å². The number of nitrogens with one attached hydrogen (secondary N) is 1. The molecule has 0 radical (unpaired) electrons. The lowest BCUT2D eigenvalue weighted by Gasteiger charge is -2.23. The number of fused-ring (bicyclic) bond motifs is 1. The van der Waals surface area contributed by atoms with Gasteiger partial charge in [0.25, 0.3) is 11.5 Å². The number of amides is 3. The van der Waals surface area contributed by atoms with Crippen LogP contribution in [-0.4, -0.2) is 65.4 Å². The molecule has 0 saturated carbocycles. The summed E-state index contributed by atoms with van der Waals surface area (Å²) in [5, 5.41) is 4.85. The van der Waals surface area contributed by atoms with Gasteiger partial charge in [-0.05, 0) is 11.4 Å². The average molecular weight is 485 g/mol. The van der Waals surface area contributed by atoms with Crippen molar-refractivity contribution in [1.29, 1.82) is 0 Å². The average Bonchev–Trinajstić information content (AvgIpc) is 3.41. The first kappa shape index (κ1) is 23.7. The molecule has 180 valence electrons. The van der Waals surface area contributed by atoms with Crippen LogP contribution in [0.15, 0.2) is 41.0 Å². The molecule has 1 saturated heterocycles. The van der Waals surface area contributed by atoms with E-state index >= 15 is 0 Å². The fourth-order valence-electron chi connectivity index (χ4n) is 4.57. The summed E-state index contributed by atoms with van der Waals surface area (Å²) in [7, 11) is 1.43. The van der Waals surface area contributed by atoms with Crippen LogP contribution < -0.4 is 15.6 Å². The minimum Gasteiger partial charge on any atom is -0.496 e. The molecule has 9 nitrogen and oxygen atoms in total. The standard InChI is InChI=1S/C24H28N4O5S/c1-3-7-27-15-16(12-20(27)29)24(32)26-8-6-18-22(23(31)25-14-17-5-4-11-34-17)19(33-2)13-21(30)28(18)10-9-26/h3-5,11,13,16H,1,6-10,12,14-15H2,2H3,(H,25,31)/t16-/m1/s1. The monoisotopic (exact) mass is 484 g/mol. The second-order valence-corrected chi connectivity index (χ2v) is 9.38. The molecule has 1 atom stereocenters. The van der Waals surface area contributed by atoms with E-state index in [-0.39, 0.29) is 42.0 Å². The zero-order valence-electron chi connectivity index (χ0n) is 19.1. The maximum atomic E-state index is 13.2. The van der Waals surface area contributed by atoms with E-state index in [1.165, 1.54) is 13.2 Å². The molecule has 2 aromatic rings. The molecule has 2 aliphatic heterocycles. The van der Waals surface area contributed by atoms with Crippen LogP contribution in [0.25, 0.3) is 0 Å². The van der Waals surface area contributed by atoms with E-state index < -0.39 is 5.92 Å². The third-order valence-corrected chi connectivity index (χ3v) is 7.14. The number of hydrogen-bond donors (Lipinski definition) is 1. The van der Waals surface area contributed by atoms with Gasteiger partial charge in [0, 0.05) is 62.2 Å². The summed E-state index contributed by atoms with van der Waals surface area (Å²) in [5.41, 5.74) is 0.601. The van der Waals surface area contributed by atoms with Gasteiger partial charge >= 0.3 is 0 Å². The van der Waals surface area contributed by atoms with Crippen LogP contribution >= 0.6 is 11.3 Å². The van der Waals surface area contributed by atoms with E-state index in [1.54, 1.807) is 31.8 Å². The molecule has 2 aromatic heterocycles. The number of aromatic nitrogens is 1. The van der Waals surface area contributed by atoms with Crippen molar-refractivity contribution in [3.05, 3.63) is 62.7 Å². The molecule has 3 amide bonds. The van der Waals surface area contributed by atoms with E-state index in [0.29, 0.717) is 50.4 Å². The molecule has 0 bridgehead atoms. The van der Waals surface area contributed by atoms with Gasteiger partial charge in [-0.25, -0.2) is 0 Å². The molecule has 0 aromatic carbocycles.